The Labute approximate surface area is 140 Å². The number of rotatable bonds is 5. The molecule has 24 heavy (non-hydrogen) atoms. The van der Waals surface area contributed by atoms with Crippen LogP contribution in [0.3, 0.4) is 0 Å². The number of amides is 1. The Morgan fingerprint density at radius 1 is 1.08 bits per heavy atom. The predicted molar refractivity (Wildman–Crippen MR) is 97.6 cm³/mol. The number of pyridine rings is 1. The summed E-state index contributed by atoms with van der Waals surface area (Å²) in [5, 5.41) is 3.40. The SMILES string of the molecule is CCCCc1ccccc1NC(=O)c1c[nH]c2ccccc2c1=O. The summed E-state index contributed by atoms with van der Waals surface area (Å²) in [6.07, 6.45) is 4.53. The highest BCUT2D eigenvalue weighted by atomic mass is 16.2. The number of aromatic nitrogens is 1. The number of hydrogen-bond acceptors (Lipinski definition) is 2. The predicted octanol–water partition coefficient (Wildman–Crippen LogP) is 4.12. The maximum Gasteiger partial charge on any atom is 0.261 e. The highest BCUT2D eigenvalue weighted by molar-refractivity contribution is 6.06. The average molecular weight is 320 g/mol. The van der Waals surface area contributed by atoms with Crippen LogP contribution < -0.4 is 10.7 Å². The lowest BCUT2D eigenvalue weighted by molar-refractivity contribution is 0.102. The van der Waals surface area contributed by atoms with E-state index in [1.54, 1.807) is 12.1 Å². The molecule has 1 heterocycles. The summed E-state index contributed by atoms with van der Waals surface area (Å²) in [7, 11) is 0. The number of carbonyl (C=O) groups excluding carboxylic acids is 1. The molecule has 3 aromatic rings. The van der Waals surface area contributed by atoms with Crippen LogP contribution in [0.15, 0.2) is 59.5 Å². The van der Waals surface area contributed by atoms with Crippen molar-refractivity contribution >= 4 is 22.5 Å². The van der Waals surface area contributed by atoms with Crippen LogP contribution in [0.4, 0.5) is 5.69 Å². The third-order valence-corrected chi connectivity index (χ3v) is 4.10. The van der Waals surface area contributed by atoms with E-state index in [-0.39, 0.29) is 16.9 Å². The van der Waals surface area contributed by atoms with Gasteiger partial charge >= 0.3 is 0 Å². The quantitative estimate of drug-likeness (QED) is 0.742. The molecule has 0 fully saturated rings. The van der Waals surface area contributed by atoms with Crippen molar-refractivity contribution in [2.75, 3.05) is 5.32 Å². The van der Waals surface area contributed by atoms with Crippen LogP contribution in [0.5, 0.6) is 0 Å². The topological polar surface area (TPSA) is 62.0 Å². The number of fused-ring (bicyclic) bond motifs is 1. The van der Waals surface area contributed by atoms with E-state index in [4.69, 9.17) is 0 Å². The molecule has 1 amide bonds. The van der Waals surface area contributed by atoms with Gasteiger partial charge in [0.15, 0.2) is 0 Å². The molecule has 3 rings (SSSR count). The molecule has 4 nitrogen and oxygen atoms in total. The normalized spacial score (nSPS) is 10.7. The van der Waals surface area contributed by atoms with Gasteiger partial charge in [0.1, 0.15) is 5.56 Å². The highest BCUT2D eigenvalue weighted by Gasteiger charge is 2.14. The molecular weight excluding hydrogens is 300 g/mol. The molecule has 0 saturated carbocycles. The molecule has 4 heteroatoms. The molecule has 0 radical (unpaired) electrons. The molecule has 2 N–H and O–H groups in total. The number of anilines is 1. The van der Waals surface area contributed by atoms with Crippen LogP contribution in [0.1, 0.15) is 35.7 Å². The summed E-state index contributed by atoms with van der Waals surface area (Å²) in [5.74, 6) is -0.383. The van der Waals surface area contributed by atoms with Gasteiger partial charge in [-0.2, -0.15) is 0 Å². The molecule has 0 atom stereocenters. The number of carbonyl (C=O) groups is 1. The van der Waals surface area contributed by atoms with E-state index in [1.807, 2.05) is 36.4 Å². The van der Waals surface area contributed by atoms with Crippen LogP contribution in [0.25, 0.3) is 10.9 Å². The second kappa shape index (κ2) is 7.13. The number of benzene rings is 2. The van der Waals surface area contributed by atoms with E-state index < -0.39 is 0 Å². The van der Waals surface area contributed by atoms with Gasteiger partial charge in [-0.1, -0.05) is 43.7 Å². The first-order valence-corrected chi connectivity index (χ1v) is 8.20. The van der Waals surface area contributed by atoms with E-state index in [0.29, 0.717) is 5.39 Å². The number of unbranched alkanes of at least 4 members (excludes halogenated alkanes) is 1. The Bertz CT molecular complexity index is 928. The molecule has 0 aliphatic carbocycles. The number of para-hydroxylation sites is 2. The lowest BCUT2D eigenvalue weighted by Gasteiger charge is -2.11. The third kappa shape index (κ3) is 3.23. The fourth-order valence-corrected chi connectivity index (χ4v) is 2.75. The maximum absolute atomic E-state index is 12.6. The molecule has 122 valence electrons. The Hall–Kier alpha value is -2.88. The van der Waals surface area contributed by atoms with E-state index in [1.165, 1.54) is 6.20 Å². The fraction of sp³-hybridized carbons (Fsp3) is 0.200. The number of H-pyrrole nitrogens is 1. The Morgan fingerprint density at radius 3 is 2.67 bits per heavy atom. The van der Waals surface area contributed by atoms with Gasteiger partial charge in [0, 0.05) is 22.8 Å². The van der Waals surface area contributed by atoms with Gasteiger partial charge < -0.3 is 10.3 Å². The van der Waals surface area contributed by atoms with E-state index in [9.17, 15) is 9.59 Å². The van der Waals surface area contributed by atoms with Crippen molar-refractivity contribution in [2.24, 2.45) is 0 Å². The zero-order valence-electron chi connectivity index (χ0n) is 13.6. The molecule has 2 aromatic carbocycles. The molecule has 0 bridgehead atoms. The van der Waals surface area contributed by atoms with Crippen molar-refractivity contribution < 1.29 is 4.79 Å². The minimum Gasteiger partial charge on any atom is -0.360 e. The third-order valence-electron chi connectivity index (χ3n) is 4.10. The van der Waals surface area contributed by atoms with Crippen molar-refractivity contribution in [3.8, 4) is 0 Å². The minimum absolute atomic E-state index is 0.124. The number of hydrogen-bond donors (Lipinski definition) is 2. The van der Waals surface area contributed by atoms with Gasteiger partial charge in [-0.15, -0.1) is 0 Å². The number of aryl methyl sites for hydroxylation is 1. The monoisotopic (exact) mass is 320 g/mol. The second-order valence-corrected chi connectivity index (χ2v) is 5.79. The first-order valence-electron chi connectivity index (χ1n) is 8.20. The number of aromatic amines is 1. The fourth-order valence-electron chi connectivity index (χ4n) is 2.75. The summed E-state index contributed by atoms with van der Waals surface area (Å²) in [6.45, 7) is 2.13. The second-order valence-electron chi connectivity index (χ2n) is 5.79. The average Bonchev–Trinajstić information content (AvgIpc) is 2.61. The number of nitrogens with one attached hydrogen (secondary N) is 2. The van der Waals surface area contributed by atoms with E-state index in [2.05, 4.69) is 17.2 Å². The molecule has 0 spiro atoms. The minimum atomic E-state index is -0.383. The molecule has 0 unspecified atom stereocenters. The van der Waals surface area contributed by atoms with Crippen molar-refractivity contribution in [3.05, 3.63) is 76.1 Å². The van der Waals surface area contributed by atoms with Crippen LogP contribution in [0.2, 0.25) is 0 Å². The van der Waals surface area contributed by atoms with Crippen LogP contribution in [-0.4, -0.2) is 10.9 Å². The molecule has 0 saturated heterocycles. The smallest absolute Gasteiger partial charge is 0.261 e. The van der Waals surface area contributed by atoms with Gasteiger partial charge in [0.2, 0.25) is 5.43 Å². The first kappa shape index (κ1) is 16.0. The van der Waals surface area contributed by atoms with Crippen molar-refractivity contribution in [1.29, 1.82) is 0 Å². The van der Waals surface area contributed by atoms with Gasteiger partial charge in [0.25, 0.3) is 5.91 Å². The highest BCUT2D eigenvalue weighted by Crippen LogP contribution is 2.18. The lowest BCUT2D eigenvalue weighted by atomic mass is 10.1. The Morgan fingerprint density at radius 2 is 1.83 bits per heavy atom. The molecule has 1 aromatic heterocycles. The molecule has 0 aliphatic heterocycles. The van der Waals surface area contributed by atoms with Crippen molar-refractivity contribution in [1.82, 2.24) is 4.98 Å². The lowest BCUT2D eigenvalue weighted by Crippen LogP contribution is -2.22. The first-order chi connectivity index (χ1) is 11.7. The van der Waals surface area contributed by atoms with Crippen LogP contribution >= 0.6 is 0 Å². The maximum atomic E-state index is 12.6. The van der Waals surface area contributed by atoms with Gasteiger partial charge in [-0.05, 0) is 36.6 Å². The molecule has 0 aliphatic rings. The summed E-state index contributed by atoms with van der Waals surface area (Å²) in [4.78, 5) is 28.1. The van der Waals surface area contributed by atoms with Gasteiger partial charge in [-0.25, -0.2) is 0 Å². The zero-order chi connectivity index (χ0) is 16.9. The van der Waals surface area contributed by atoms with Crippen LogP contribution in [-0.2, 0) is 6.42 Å². The summed E-state index contributed by atoms with van der Waals surface area (Å²) >= 11 is 0. The zero-order valence-corrected chi connectivity index (χ0v) is 13.6. The van der Waals surface area contributed by atoms with Gasteiger partial charge in [0.05, 0.1) is 0 Å². The van der Waals surface area contributed by atoms with E-state index in [0.717, 1.165) is 36.0 Å². The van der Waals surface area contributed by atoms with Crippen LogP contribution in [0, 0.1) is 0 Å². The Balaban J connectivity index is 1.91. The van der Waals surface area contributed by atoms with Crippen molar-refractivity contribution in [3.63, 3.8) is 0 Å². The standard InChI is InChI=1S/C20H20N2O2/c1-2-3-8-14-9-4-6-11-17(14)22-20(24)16-13-21-18-12-7-5-10-15(18)19(16)23/h4-7,9-13H,2-3,8H2,1H3,(H,21,23)(H,22,24). The largest absolute Gasteiger partial charge is 0.360 e. The van der Waals surface area contributed by atoms with E-state index >= 15 is 0 Å². The summed E-state index contributed by atoms with van der Waals surface area (Å²) in [5.41, 5.74) is 2.45. The van der Waals surface area contributed by atoms with Crippen molar-refractivity contribution in [2.45, 2.75) is 26.2 Å². The van der Waals surface area contributed by atoms with Gasteiger partial charge in [-0.3, -0.25) is 9.59 Å². The molecular formula is C20H20N2O2. The summed E-state index contributed by atoms with van der Waals surface area (Å²) < 4.78 is 0. The summed E-state index contributed by atoms with van der Waals surface area (Å²) in [6, 6.07) is 14.9. The Kier molecular flexibility index (Phi) is 4.75.